The number of aryl methyl sites for hydroxylation is 1. The molecule has 0 aliphatic rings. The molecule has 0 aliphatic heterocycles. The van der Waals surface area contributed by atoms with Crippen LogP contribution in [0.4, 0.5) is 0 Å². The fourth-order valence-corrected chi connectivity index (χ4v) is 2.05. The number of unbranched alkanes of at least 4 members (excludes halogenated alkanes) is 1. The van der Waals surface area contributed by atoms with Crippen LogP contribution >= 0.6 is 0 Å². The van der Waals surface area contributed by atoms with Crippen molar-refractivity contribution >= 4 is 0 Å². The van der Waals surface area contributed by atoms with E-state index in [-0.39, 0.29) is 0 Å². The second-order valence-corrected chi connectivity index (χ2v) is 5.04. The predicted molar refractivity (Wildman–Crippen MR) is 75.4 cm³/mol. The minimum Gasteiger partial charge on any atom is -0.310 e. The van der Waals surface area contributed by atoms with Crippen molar-refractivity contribution in [1.82, 2.24) is 10.2 Å². The molecule has 0 aromatic heterocycles. The van der Waals surface area contributed by atoms with E-state index in [4.69, 9.17) is 0 Å². The average Bonchev–Trinajstić information content (AvgIpc) is 2.28. The van der Waals surface area contributed by atoms with Gasteiger partial charge >= 0.3 is 0 Å². The molecule has 0 radical (unpaired) electrons. The first-order valence-corrected chi connectivity index (χ1v) is 6.55. The van der Waals surface area contributed by atoms with E-state index in [1.54, 1.807) is 0 Å². The molecule has 2 heteroatoms. The summed E-state index contributed by atoms with van der Waals surface area (Å²) >= 11 is 0. The molecule has 0 heterocycles. The second-order valence-electron chi connectivity index (χ2n) is 5.04. The van der Waals surface area contributed by atoms with E-state index < -0.39 is 0 Å². The van der Waals surface area contributed by atoms with Gasteiger partial charge in [0.15, 0.2) is 0 Å². The minimum atomic E-state index is 0.454. The van der Waals surface area contributed by atoms with Crippen LogP contribution in [0.5, 0.6) is 0 Å². The number of nitrogens with zero attached hydrogens (tertiary/aromatic N) is 1. The fourth-order valence-electron chi connectivity index (χ4n) is 2.05. The Morgan fingerprint density at radius 1 is 1.18 bits per heavy atom. The zero-order valence-corrected chi connectivity index (χ0v) is 11.7. The van der Waals surface area contributed by atoms with Gasteiger partial charge in [-0.25, -0.2) is 0 Å². The van der Waals surface area contributed by atoms with Crippen LogP contribution in [0.1, 0.15) is 36.9 Å². The number of hydrogen-bond acceptors (Lipinski definition) is 2. The molecule has 1 atom stereocenters. The highest BCUT2D eigenvalue weighted by Gasteiger charge is 2.06. The number of nitrogens with one attached hydrogen (secondary N) is 1. The van der Waals surface area contributed by atoms with Crippen molar-refractivity contribution in [3.63, 3.8) is 0 Å². The summed E-state index contributed by atoms with van der Waals surface area (Å²) in [5.41, 5.74) is 2.79. The lowest BCUT2D eigenvalue weighted by atomic mass is 10.0. The molecule has 0 saturated heterocycles. The van der Waals surface area contributed by atoms with Gasteiger partial charge in [0.05, 0.1) is 0 Å². The molecule has 1 unspecified atom stereocenters. The fraction of sp³-hybridized carbons (Fsp3) is 0.600. The Hall–Kier alpha value is -0.860. The molecule has 2 nitrogen and oxygen atoms in total. The summed E-state index contributed by atoms with van der Waals surface area (Å²) in [7, 11) is 4.26. The van der Waals surface area contributed by atoms with Gasteiger partial charge in [0.1, 0.15) is 0 Å². The lowest BCUT2D eigenvalue weighted by Crippen LogP contribution is -2.22. The average molecular weight is 234 g/mol. The van der Waals surface area contributed by atoms with Crippen LogP contribution in [0.3, 0.4) is 0 Å². The van der Waals surface area contributed by atoms with E-state index in [0.29, 0.717) is 6.04 Å². The maximum atomic E-state index is 3.59. The summed E-state index contributed by atoms with van der Waals surface area (Å²) in [6.07, 6.45) is 2.51. The summed E-state index contributed by atoms with van der Waals surface area (Å²) in [5, 5.41) is 3.59. The molecule has 0 bridgehead atoms. The van der Waals surface area contributed by atoms with Crippen molar-refractivity contribution in [2.45, 2.75) is 32.7 Å². The number of benzene rings is 1. The third-order valence-corrected chi connectivity index (χ3v) is 3.14. The van der Waals surface area contributed by atoms with Crippen molar-refractivity contribution in [2.75, 3.05) is 27.2 Å². The molecule has 1 N–H and O–H groups in total. The van der Waals surface area contributed by atoms with Gasteiger partial charge in [-0.1, -0.05) is 24.3 Å². The van der Waals surface area contributed by atoms with Gasteiger partial charge in [0, 0.05) is 6.04 Å². The first-order valence-electron chi connectivity index (χ1n) is 6.55. The molecular formula is C15H26N2. The van der Waals surface area contributed by atoms with Crippen molar-refractivity contribution in [1.29, 1.82) is 0 Å². The summed E-state index contributed by atoms with van der Waals surface area (Å²) in [6.45, 7) is 6.71. The molecule has 1 aromatic rings. The van der Waals surface area contributed by atoms with Crippen LogP contribution in [0.25, 0.3) is 0 Å². The normalized spacial score (nSPS) is 13.0. The molecule has 1 rings (SSSR count). The zero-order chi connectivity index (χ0) is 12.7. The molecule has 96 valence electrons. The van der Waals surface area contributed by atoms with Crippen molar-refractivity contribution in [3.05, 3.63) is 35.4 Å². The Labute approximate surface area is 106 Å². The topological polar surface area (TPSA) is 15.3 Å². The van der Waals surface area contributed by atoms with E-state index in [2.05, 4.69) is 62.4 Å². The van der Waals surface area contributed by atoms with Gasteiger partial charge < -0.3 is 10.2 Å². The van der Waals surface area contributed by atoms with Gasteiger partial charge in [-0.05, 0) is 65.0 Å². The first-order chi connectivity index (χ1) is 8.11. The summed E-state index contributed by atoms with van der Waals surface area (Å²) in [6, 6.07) is 9.07. The van der Waals surface area contributed by atoms with Crippen LogP contribution in [0, 0.1) is 6.92 Å². The van der Waals surface area contributed by atoms with Crippen LogP contribution in [-0.2, 0) is 0 Å². The molecule has 17 heavy (non-hydrogen) atoms. The smallest absolute Gasteiger partial charge is 0.0294 e. The van der Waals surface area contributed by atoms with Crippen LogP contribution in [-0.4, -0.2) is 32.1 Å². The number of rotatable bonds is 7. The van der Waals surface area contributed by atoms with Gasteiger partial charge in [-0.3, -0.25) is 0 Å². The highest BCUT2D eigenvalue weighted by Crippen LogP contribution is 2.16. The molecule has 0 saturated carbocycles. The van der Waals surface area contributed by atoms with Gasteiger partial charge in [0.2, 0.25) is 0 Å². The summed E-state index contributed by atoms with van der Waals surface area (Å²) in [5.74, 6) is 0. The second kappa shape index (κ2) is 7.46. The maximum absolute atomic E-state index is 3.59. The molecule has 0 spiro atoms. The molecule has 0 aliphatic carbocycles. The highest BCUT2D eigenvalue weighted by molar-refractivity contribution is 5.28. The van der Waals surface area contributed by atoms with Gasteiger partial charge in [-0.15, -0.1) is 0 Å². The van der Waals surface area contributed by atoms with Crippen LogP contribution in [0.2, 0.25) is 0 Å². The van der Waals surface area contributed by atoms with E-state index in [1.165, 1.54) is 30.5 Å². The molecule has 1 aromatic carbocycles. The summed E-state index contributed by atoms with van der Waals surface area (Å²) < 4.78 is 0. The Morgan fingerprint density at radius 3 is 2.53 bits per heavy atom. The van der Waals surface area contributed by atoms with Crippen LogP contribution in [0.15, 0.2) is 24.3 Å². The van der Waals surface area contributed by atoms with Gasteiger partial charge in [0.25, 0.3) is 0 Å². The Kier molecular flexibility index (Phi) is 6.23. The van der Waals surface area contributed by atoms with E-state index >= 15 is 0 Å². The SMILES string of the molecule is Cc1ccccc1C(C)NCCCCN(C)C. The molecule has 0 fully saturated rings. The van der Waals surface area contributed by atoms with E-state index in [1.807, 2.05) is 0 Å². The Morgan fingerprint density at radius 2 is 1.88 bits per heavy atom. The van der Waals surface area contributed by atoms with Crippen molar-refractivity contribution in [2.24, 2.45) is 0 Å². The van der Waals surface area contributed by atoms with E-state index in [9.17, 15) is 0 Å². The van der Waals surface area contributed by atoms with Gasteiger partial charge in [-0.2, -0.15) is 0 Å². The Bertz CT molecular complexity index is 320. The summed E-state index contributed by atoms with van der Waals surface area (Å²) in [4.78, 5) is 2.24. The first kappa shape index (κ1) is 14.2. The molecule has 0 amide bonds. The van der Waals surface area contributed by atoms with Crippen molar-refractivity contribution in [3.8, 4) is 0 Å². The third kappa shape index (κ3) is 5.33. The quantitative estimate of drug-likeness (QED) is 0.730. The lowest BCUT2D eigenvalue weighted by molar-refractivity contribution is 0.389. The number of hydrogen-bond donors (Lipinski definition) is 1. The standard InChI is InChI=1S/C15H26N2/c1-13-9-5-6-10-15(13)14(2)16-11-7-8-12-17(3)4/h5-6,9-10,14,16H,7-8,11-12H2,1-4H3. The van der Waals surface area contributed by atoms with E-state index in [0.717, 1.165) is 6.54 Å². The van der Waals surface area contributed by atoms with Crippen LogP contribution < -0.4 is 5.32 Å². The predicted octanol–water partition coefficient (Wildman–Crippen LogP) is 2.99. The highest BCUT2D eigenvalue weighted by atomic mass is 15.0. The minimum absolute atomic E-state index is 0.454. The lowest BCUT2D eigenvalue weighted by Gasteiger charge is -2.17. The largest absolute Gasteiger partial charge is 0.310 e. The maximum Gasteiger partial charge on any atom is 0.0294 e. The zero-order valence-electron chi connectivity index (χ0n) is 11.7. The third-order valence-electron chi connectivity index (χ3n) is 3.14. The van der Waals surface area contributed by atoms with Crippen molar-refractivity contribution < 1.29 is 0 Å². The molecular weight excluding hydrogens is 208 g/mol. The Balaban J connectivity index is 2.26. The monoisotopic (exact) mass is 234 g/mol.